The Hall–Kier alpha value is -2.85. The Morgan fingerprint density at radius 2 is 1.85 bits per heavy atom. The van der Waals surface area contributed by atoms with Crippen LogP contribution in [0.3, 0.4) is 0 Å². The minimum absolute atomic E-state index is 0.238. The van der Waals surface area contributed by atoms with E-state index in [1.165, 1.54) is 9.36 Å². The van der Waals surface area contributed by atoms with Crippen molar-refractivity contribution in [2.45, 2.75) is 87.7 Å². The molecule has 4 aliphatic heterocycles. The number of benzene rings is 1. The monoisotopic (exact) mass is 546 g/mol. The summed E-state index contributed by atoms with van der Waals surface area (Å²) < 4.78 is 26.4. The molecule has 0 spiro atoms. The maximum atomic E-state index is 13.5. The summed E-state index contributed by atoms with van der Waals surface area (Å²) in [6.07, 6.45) is -6.56. The molecule has 3 N–H and O–H groups in total. The Labute approximate surface area is 221 Å². The number of aliphatic hydroxyl groups excluding tert-OH is 3. The summed E-state index contributed by atoms with van der Waals surface area (Å²) in [5.74, 6) is -1.33. The van der Waals surface area contributed by atoms with Crippen LogP contribution in [0.2, 0.25) is 0 Å². The number of oxime groups is 1. The second-order valence-electron chi connectivity index (χ2n) is 11.0. The summed E-state index contributed by atoms with van der Waals surface area (Å²) in [5, 5.41) is 36.5. The minimum atomic E-state index is -1.23. The number of aliphatic hydroxyl groups is 3. The molecule has 7 rings (SSSR count). The van der Waals surface area contributed by atoms with Gasteiger partial charge in [0.05, 0.1) is 17.4 Å². The fraction of sp³-hybridized carbons (Fsp3) is 0.640. The van der Waals surface area contributed by atoms with Gasteiger partial charge in [-0.3, -0.25) is 0 Å². The van der Waals surface area contributed by atoms with Crippen LogP contribution in [0.1, 0.15) is 26.3 Å². The fourth-order valence-electron chi connectivity index (χ4n) is 6.36. The Morgan fingerprint density at radius 1 is 1.08 bits per heavy atom. The van der Waals surface area contributed by atoms with E-state index in [0.29, 0.717) is 17.8 Å². The first-order valence-corrected chi connectivity index (χ1v) is 13.1. The lowest BCUT2D eigenvalue weighted by Gasteiger charge is -2.38. The van der Waals surface area contributed by atoms with Gasteiger partial charge in [0.25, 0.3) is 0 Å². The van der Waals surface area contributed by atoms with Gasteiger partial charge in [-0.15, -0.1) is 0 Å². The van der Waals surface area contributed by atoms with Crippen LogP contribution in [0.4, 0.5) is 0 Å². The van der Waals surface area contributed by atoms with Crippen molar-refractivity contribution in [1.82, 2.24) is 13.9 Å². The van der Waals surface area contributed by atoms with Gasteiger partial charge in [-0.1, -0.05) is 23.4 Å². The lowest BCUT2D eigenvalue weighted by molar-refractivity contribution is -0.228. The van der Waals surface area contributed by atoms with Crippen LogP contribution < -0.4 is 11.4 Å². The zero-order chi connectivity index (χ0) is 27.2. The molecule has 1 aliphatic carbocycles. The first-order valence-electron chi connectivity index (χ1n) is 13.1. The van der Waals surface area contributed by atoms with Gasteiger partial charge in [-0.2, -0.15) is 0 Å². The number of fused-ring (bicyclic) bond motifs is 5. The highest BCUT2D eigenvalue weighted by Crippen LogP contribution is 2.46. The van der Waals surface area contributed by atoms with Crippen LogP contribution in [0.5, 0.6) is 0 Å². The average Bonchev–Trinajstić information content (AvgIpc) is 3.50. The molecule has 14 heteroatoms. The highest BCUT2D eigenvalue weighted by atomic mass is 16.8. The predicted molar refractivity (Wildman–Crippen MR) is 130 cm³/mol. The van der Waals surface area contributed by atoms with Crippen LogP contribution in [-0.4, -0.2) is 96.4 Å². The van der Waals surface area contributed by atoms with Gasteiger partial charge in [0, 0.05) is 12.5 Å². The zero-order valence-corrected chi connectivity index (χ0v) is 21.3. The number of epoxide rings is 1. The summed E-state index contributed by atoms with van der Waals surface area (Å²) in [5.41, 5.74) is -0.0980. The van der Waals surface area contributed by atoms with Crippen molar-refractivity contribution in [3.05, 3.63) is 51.3 Å². The third kappa shape index (κ3) is 3.85. The largest absolute Gasteiger partial charge is 0.393 e. The van der Waals surface area contributed by atoms with E-state index in [9.17, 15) is 24.9 Å². The second-order valence-corrected chi connectivity index (χ2v) is 11.0. The number of para-hydroxylation sites is 1. The molecule has 0 unspecified atom stereocenters. The first kappa shape index (κ1) is 25.1. The summed E-state index contributed by atoms with van der Waals surface area (Å²) in [6.45, 7) is 3.37. The molecule has 0 amide bonds. The Kier molecular flexibility index (Phi) is 5.69. The molecule has 1 saturated carbocycles. The predicted octanol–water partition coefficient (Wildman–Crippen LogP) is -1.53. The van der Waals surface area contributed by atoms with Crippen molar-refractivity contribution in [3.8, 4) is 5.69 Å². The standard InChI is InChI=1S/C25H30N4O10/c1-25(2)38-21-17(32)18(37-22(21)39-25)13(30)10-35-26-14-12-8-9-27-23(33)28(11-6-4-3-5-7-11)24(34)29(27)15(12)16(31)20-19(14)36-20/h3-7,12-13,15-22,30-32H,8-10H2,1-2H3/b26-14-/t12-,13-,15-,16+,17+,18-,19-,20+,21-,22-/m1/s1. The Balaban J connectivity index is 1.11. The van der Waals surface area contributed by atoms with Crippen molar-refractivity contribution in [2.75, 3.05) is 6.61 Å². The van der Waals surface area contributed by atoms with E-state index in [2.05, 4.69) is 5.16 Å². The molecular formula is C25H30N4O10. The maximum absolute atomic E-state index is 13.5. The van der Waals surface area contributed by atoms with E-state index in [0.717, 1.165) is 4.57 Å². The van der Waals surface area contributed by atoms with Crippen LogP contribution >= 0.6 is 0 Å². The van der Waals surface area contributed by atoms with Gasteiger partial charge in [-0.25, -0.2) is 23.5 Å². The third-order valence-corrected chi connectivity index (χ3v) is 8.15. The van der Waals surface area contributed by atoms with Gasteiger partial charge in [0.15, 0.2) is 12.1 Å². The molecule has 210 valence electrons. The Bertz CT molecular complexity index is 1420. The molecule has 1 aromatic heterocycles. The van der Waals surface area contributed by atoms with Crippen molar-refractivity contribution >= 4 is 5.71 Å². The van der Waals surface area contributed by atoms with Crippen molar-refractivity contribution in [2.24, 2.45) is 11.1 Å². The first-order chi connectivity index (χ1) is 18.7. The number of hydrogen-bond donors (Lipinski definition) is 3. The molecule has 14 nitrogen and oxygen atoms in total. The minimum Gasteiger partial charge on any atom is -0.393 e. The molecule has 5 aliphatic rings. The number of aromatic nitrogens is 3. The topological polar surface area (TPSA) is 171 Å². The highest BCUT2D eigenvalue weighted by Gasteiger charge is 2.62. The number of ether oxygens (including phenoxy) is 4. The van der Waals surface area contributed by atoms with E-state index in [1.807, 2.05) is 0 Å². The summed E-state index contributed by atoms with van der Waals surface area (Å²) in [4.78, 5) is 32.1. The van der Waals surface area contributed by atoms with Gasteiger partial charge in [-0.05, 0) is 32.4 Å². The molecule has 2 aromatic rings. The van der Waals surface area contributed by atoms with E-state index in [4.69, 9.17) is 23.8 Å². The molecule has 1 aromatic carbocycles. The fourth-order valence-corrected chi connectivity index (χ4v) is 6.36. The van der Waals surface area contributed by atoms with Crippen LogP contribution in [-0.2, 0) is 30.3 Å². The zero-order valence-electron chi connectivity index (χ0n) is 21.3. The smallest absolute Gasteiger partial charge is 0.352 e. The summed E-state index contributed by atoms with van der Waals surface area (Å²) in [6, 6.07) is 7.84. The maximum Gasteiger partial charge on any atom is 0.352 e. The lowest BCUT2D eigenvalue weighted by atomic mass is 9.78. The molecular weight excluding hydrogens is 516 g/mol. The summed E-state index contributed by atoms with van der Waals surface area (Å²) >= 11 is 0. The molecule has 39 heavy (non-hydrogen) atoms. The van der Waals surface area contributed by atoms with Crippen molar-refractivity contribution in [1.29, 1.82) is 0 Å². The van der Waals surface area contributed by atoms with E-state index >= 15 is 0 Å². The summed E-state index contributed by atoms with van der Waals surface area (Å²) in [7, 11) is 0. The lowest BCUT2D eigenvalue weighted by Crippen LogP contribution is -2.53. The SMILES string of the molecule is CC1(C)O[C@H]2O[C@H]([C@H](O)CO/N=C3/[C@H]4CCn5c(=O)n(-c6ccccc6)c(=O)n5[C@H]4[C@H](O)[C@@H]4O[C@H]34)[C@H](O)[C@H]2O1. The average molecular weight is 547 g/mol. The van der Waals surface area contributed by atoms with Crippen molar-refractivity contribution in [3.63, 3.8) is 0 Å². The molecule has 0 radical (unpaired) electrons. The number of rotatable bonds is 5. The van der Waals surface area contributed by atoms with Crippen molar-refractivity contribution < 1.29 is 39.1 Å². The molecule has 4 fully saturated rings. The van der Waals surface area contributed by atoms with E-state index in [1.54, 1.807) is 44.2 Å². The van der Waals surface area contributed by atoms with Gasteiger partial charge in [0.2, 0.25) is 0 Å². The van der Waals surface area contributed by atoms with Crippen LogP contribution in [0.15, 0.2) is 45.1 Å². The van der Waals surface area contributed by atoms with E-state index in [-0.39, 0.29) is 13.2 Å². The third-order valence-electron chi connectivity index (χ3n) is 8.15. The van der Waals surface area contributed by atoms with Gasteiger partial charge in [0.1, 0.15) is 49.3 Å². The highest BCUT2D eigenvalue weighted by molar-refractivity contribution is 5.94. The molecule has 3 saturated heterocycles. The van der Waals surface area contributed by atoms with Crippen LogP contribution in [0, 0.1) is 5.92 Å². The molecule has 10 atom stereocenters. The molecule has 5 heterocycles. The Morgan fingerprint density at radius 3 is 2.59 bits per heavy atom. The molecule has 0 bridgehead atoms. The van der Waals surface area contributed by atoms with Gasteiger partial charge >= 0.3 is 11.4 Å². The second kappa shape index (κ2) is 8.83. The normalized spacial score (nSPS) is 39.5. The van der Waals surface area contributed by atoms with Crippen LogP contribution in [0.25, 0.3) is 5.69 Å². The number of nitrogens with zero attached hydrogens (tertiary/aromatic N) is 4. The van der Waals surface area contributed by atoms with Gasteiger partial charge < -0.3 is 39.1 Å². The van der Waals surface area contributed by atoms with E-state index < -0.39 is 78.1 Å². The number of hydrogen-bond acceptors (Lipinski definition) is 11. The quantitative estimate of drug-likeness (QED) is 0.295.